The fraction of sp³-hybridized carbons (Fsp3) is 0.107. The molecule has 0 unspecified atom stereocenters. The van der Waals surface area contributed by atoms with Gasteiger partial charge in [0.15, 0.2) is 5.78 Å². The molecule has 35 heavy (non-hydrogen) atoms. The lowest BCUT2D eigenvalue weighted by Crippen LogP contribution is -2.00. The number of hydrogen-bond acceptors (Lipinski definition) is 4. The molecule has 0 aliphatic heterocycles. The Hall–Kier alpha value is -2.76. The molecular weight excluding hydrogens is 523 g/mol. The van der Waals surface area contributed by atoms with Crippen LogP contribution in [0.1, 0.15) is 31.2 Å². The summed E-state index contributed by atoms with van der Waals surface area (Å²) >= 11 is 19.8. The maximum Gasteiger partial charge on any atom is 0.195 e. The summed E-state index contributed by atoms with van der Waals surface area (Å²) in [7, 11) is 1.59. The summed E-state index contributed by atoms with van der Waals surface area (Å²) in [6.07, 6.45) is 4.18. The molecule has 4 aromatic rings. The number of rotatable bonds is 9. The molecule has 0 bridgehead atoms. The van der Waals surface area contributed by atoms with E-state index in [4.69, 9.17) is 44.3 Å². The van der Waals surface area contributed by atoms with Crippen LogP contribution in [0.5, 0.6) is 11.5 Å². The number of methoxy groups -OCH3 is 1. The fourth-order valence-electron chi connectivity index (χ4n) is 3.44. The van der Waals surface area contributed by atoms with Crippen molar-refractivity contribution in [1.29, 1.82) is 0 Å². The predicted molar refractivity (Wildman–Crippen MR) is 146 cm³/mol. The first-order valence-corrected chi connectivity index (χ1v) is 12.7. The van der Waals surface area contributed by atoms with Crippen LogP contribution in [-0.2, 0) is 13.0 Å². The van der Waals surface area contributed by atoms with E-state index in [2.05, 4.69) is 12.1 Å². The minimum absolute atomic E-state index is 0.0366. The van der Waals surface area contributed by atoms with E-state index in [1.807, 2.05) is 48.5 Å². The van der Waals surface area contributed by atoms with Gasteiger partial charge in [-0.1, -0.05) is 77.3 Å². The van der Waals surface area contributed by atoms with Gasteiger partial charge in [0.1, 0.15) is 18.1 Å². The van der Waals surface area contributed by atoms with Gasteiger partial charge in [-0.2, -0.15) is 0 Å². The Morgan fingerprint density at radius 2 is 1.66 bits per heavy atom. The fourth-order valence-corrected chi connectivity index (χ4v) is 5.00. The van der Waals surface area contributed by atoms with Gasteiger partial charge < -0.3 is 9.47 Å². The van der Waals surface area contributed by atoms with Crippen LogP contribution in [0.25, 0.3) is 6.08 Å². The molecule has 1 aromatic heterocycles. The molecule has 4 rings (SSSR count). The molecule has 0 aliphatic carbocycles. The van der Waals surface area contributed by atoms with Gasteiger partial charge in [-0.05, 0) is 47.5 Å². The maximum atomic E-state index is 12.7. The van der Waals surface area contributed by atoms with E-state index in [1.54, 1.807) is 31.4 Å². The van der Waals surface area contributed by atoms with E-state index in [0.717, 1.165) is 22.4 Å². The van der Waals surface area contributed by atoms with Gasteiger partial charge in [0.2, 0.25) is 0 Å². The van der Waals surface area contributed by atoms with Gasteiger partial charge in [0.05, 0.1) is 27.1 Å². The number of carbonyl (C=O) groups is 1. The Morgan fingerprint density at radius 3 is 2.43 bits per heavy atom. The average molecular weight is 544 g/mol. The predicted octanol–water partition coefficient (Wildman–Crippen LogP) is 8.78. The van der Waals surface area contributed by atoms with Crippen molar-refractivity contribution in [2.24, 2.45) is 0 Å². The topological polar surface area (TPSA) is 35.5 Å². The highest BCUT2D eigenvalue weighted by Crippen LogP contribution is 2.35. The third-order valence-corrected chi connectivity index (χ3v) is 7.33. The maximum absolute atomic E-state index is 12.7. The summed E-state index contributed by atoms with van der Waals surface area (Å²) in [5.74, 6) is 1.04. The summed E-state index contributed by atoms with van der Waals surface area (Å²) in [4.78, 5) is 14.6. The number of carbonyl (C=O) groups excluding carboxylic acids is 1. The molecule has 0 fully saturated rings. The lowest BCUT2D eigenvalue weighted by Gasteiger charge is -2.13. The number of ketones is 1. The van der Waals surface area contributed by atoms with Gasteiger partial charge in [-0.15, -0.1) is 11.3 Å². The first kappa shape index (κ1) is 25.3. The Labute approximate surface area is 223 Å². The summed E-state index contributed by atoms with van der Waals surface area (Å²) in [6, 6.07) is 22.8. The summed E-state index contributed by atoms with van der Waals surface area (Å²) in [5.41, 5.74) is 2.86. The van der Waals surface area contributed by atoms with Crippen molar-refractivity contribution in [2.45, 2.75) is 13.0 Å². The third kappa shape index (κ3) is 6.68. The molecule has 0 spiro atoms. The molecule has 0 aliphatic rings. The van der Waals surface area contributed by atoms with E-state index in [9.17, 15) is 4.79 Å². The quantitative estimate of drug-likeness (QED) is 0.120. The molecular formula is C28H21Cl3O3S. The van der Waals surface area contributed by atoms with Crippen LogP contribution in [-0.4, -0.2) is 12.9 Å². The second-order valence-corrected chi connectivity index (χ2v) is 10.1. The Morgan fingerprint density at radius 1 is 0.886 bits per heavy atom. The van der Waals surface area contributed by atoms with Crippen LogP contribution >= 0.6 is 46.1 Å². The number of halogens is 3. The number of hydrogen-bond donors (Lipinski definition) is 0. The largest absolute Gasteiger partial charge is 0.496 e. The van der Waals surface area contributed by atoms with Gasteiger partial charge >= 0.3 is 0 Å². The number of allylic oxidation sites excluding steroid dienone is 1. The SMILES string of the molecule is COc1ccc(/C=C/C(=O)c2ccc(Cc3ccccc3)s2)cc1COc1cc(Cl)c(Cl)cc1Cl. The third-order valence-electron chi connectivity index (χ3n) is 5.22. The molecule has 0 atom stereocenters. The van der Waals surface area contributed by atoms with E-state index in [1.165, 1.54) is 16.9 Å². The molecule has 0 N–H and O–H groups in total. The monoisotopic (exact) mass is 542 g/mol. The first-order valence-electron chi connectivity index (χ1n) is 10.7. The zero-order chi connectivity index (χ0) is 24.8. The zero-order valence-corrected chi connectivity index (χ0v) is 21.8. The lowest BCUT2D eigenvalue weighted by molar-refractivity contribution is 0.105. The molecule has 1 heterocycles. The Kier molecular flexibility index (Phi) is 8.53. The van der Waals surface area contributed by atoms with Crippen LogP contribution in [0, 0.1) is 0 Å². The molecule has 178 valence electrons. The van der Waals surface area contributed by atoms with Crippen molar-refractivity contribution in [1.82, 2.24) is 0 Å². The highest BCUT2D eigenvalue weighted by atomic mass is 35.5. The summed E-state index contributed by atoms with van der Waals surface area (Å²) < 4.78 is 11.3. The highest BCUT2D eigenvalue weighted by Gasteiger charge is 2.11. The van der Waals surface area contributed by atoms with Gasteiger partial charge in [-0.25, -0.2) is 0 Å². The van der Waals surface area contributed by atoms with Crippen LogP contribution < -0.4 is 9.47 Å². The second kappa shape index (κ2) is 11.8. The molecule has 3 aromatic carbocycles. The molecule has 0 amide bonds. The van der Waals surface area contributed by atoms with Gasteiger partial charge in [-0.3, -0.25) is 4.79 Å². The molecule has 0 saturated carbocycles. The van der Waals surface area contributed by atoms with Gasteiger partial charge in [0.25, 0.3) is 0 Å². The van der Waals surface area contributed by atoms with Crippen LogP contribution in [0.15, 0.2) is 78.9 Å². The van der Waals surface area contributed by atoms with E-state index >= 15 is 0 Å². The van der Waals surface area contributed by atoms with Crippen LogP contribution in [0.2, 0.25) is 15.1 Å². The normalized spacial score (nSPS) is 11.1. The molecule has 0 radical (unpaired) electrons. The van der Waals surface area contributed by atoms with Crippen molar-refractivity contribution in [3.63, 3.8) is 0 Å². The molecule has 3 nitrogen and oxygen atoms in total. The molecule has 7 heteroatoms. The Balaban J connectivity index is 1.45. The van der Waals surface area contributed by atoms with Crippen molar-refractivity contribution >= 4 is 58.0 Å². The minimum atomic E-state index is -0.0366. The second-order valence-electron chi connectivity index (χ2n) is 7.68. The minimum Gasteiger partial charge on any atom is -0.496 e. The van der Waals surface area contributed by atoms with Crippen molar-refractivity contribution in [3.05, 3.63) is 120 Å². The molecule has 0 saturated heterocycles. The van der Waals surface area contributed by atoms with Gasteiger partial charge in [0, 0.05) is 22.9 Å². The highest BCUT2D eigenvalue weighted by molar-refractivity contribution is 7.14. The standard InChI is InChI=1S/C28H21Cl3O3S/c1-33-26-11-8-19(13-20(26)17-34-27-16-23(30)22(29)15-24(27)31)7-10-25(32)28-12-9-21(35-28)14-18-5-3-2-4-6-18/h2-13,15-16H,14,17H2,1H3/b10-7+. The zero-order valence-electron chi connectivity index (χ0n) is 18.8. The Bertz CT molecular complexity index is 1360. The van der Waals surface area contributed by atoms with Crippen LogP contribution in [0.3, 0.4) is 0 Å². The number of thiophene rings is 1. The average Bonchev–Trinajstić information content (AvgIpc) is 3.33. The number of ether oxygens (including phenoxy) is 2. The van der Waals surface area contributed by atoms with E-state index < -0.39 is 0 Å². The smallest absolute Gasteiger partial charge is 0.195 e. The van der Waals surface area contributed by atoms with E-state index in [0.29, 0.717) is 31.4 Å². The summed E-state index contributed by atoms with van der Waals surface area (Å²) in [5, 5.41) is 1.08. The number of benzene rings is 3. The van der Waals surface area contributed by atoms with Crippen molar-refractivity contribution in [2.75, 3.05) is 7.11 Å². The van der Waals surface area contributed by atoms with Crippen molar-refractivity contribution in [3.8, 4) is 11.5 Å². The lowest BCUT2D eigenvalue weighted by atomic mass is 10.1. The van der Waals surface area contributed by atoms with Crippen molar-refractivity contribution < 1.29 is 14.3 Å². The van der Waals surface area contributed by atoms with Crippen LogP contribution in [0.4, 0.5) is 0 Å². The van der Waals surface area contributed by atoms with E-state index in [-0.39, 0.29) is 12.4 Å². The first-order chi connectivity index (χ1) is 16.9. The summed E-state index contributed by atoms with van der Waals surface area (Å²) in [6.45, 7) is 0.199.